The molecule has 3 aromatic rings. The van der Waals surface area contributed by atoms with Crippen molar-refractivity contribution in [3.63, 3.8) is 0 Å². The van der Waals surface area contributed by atoms with Crippen LogP contribution in [0.5, 0.6) is 5.75 Å². The summed E-state index contributed by atoms with van der Waals surface area (Å²) in [5.41, 5.74) is 2.00. The average Bonchev–Trinajstić information content (AvgIpc) is 2.61. The predicted octanol–water partition coefficient (Wildman–Crippen LogP) is 3.83. The molecule has 6 heteroatoms. The number of aromatic nitrogens is 2. The highest BCUT2D eigenvalue weighted by atomic mass is 19.1. The maximum absolute atomic E-state index is 14.1. The summed E-state index contributed by atoms with van der Waals surface area (Å²) >= 11 is 0. The van der Waals surface area contributed by atoms with E-state index in [0.29, 0.717) is 16.7 Å². The number of methoxy groups -OCH3 is 1. The number of halogens is 1. The zero-order valence-electron chi connectivity index (χ0n) is 14.2. The average molecular weight is 339 g/mol. The summed E-state index contributed by atoms with van der Waals surface area (Å²) in [4.78, 5) is 23.1. The molecule has 0 unspecified atom stereocenters. The van der Waals surface area contributed by atoms with Gasteiger partial charge in [0.15, 0.2) is 11.6 Å². The molecule has 1 amide bonds. The van der Waals surface area contributed by atoms with E-state index in [1.807, 2.05) is 32.0 Å². The molecule has 0 radical (unpaired) electrons. The molecule has 25 heavy (non-hydrogen) atoms. The Labute approximate surface area is 145 Å². The molecule has 1 aromatic heterocycles. The summed E-state index contributed by atoms with van der Waals surface area (Å²) in [6, 6.07) is 11.6. The number of rotatable bonds is 4. The Kier molecular flexibility index (Phi) is 4.61. The quantitative estimate of drug-likeness (QED) is 0.725. The lowest BCUT2D eigenvalue weighted by Gasteiger charge is -2.26. The second-order valence-electron chi connectivity index (χ2n) is 5.83. The molecule has 3 rings (SSSR count). The molecule has 0 aliphatic carbocycles. The largest absolute Gasteiger partial charge is 0.494 e. The predicted molar refractivity (Wildman–Crippen MR) is 94.4 cm³/mol. The van der Waals surface area contributed by atoms with Crippen molar-refractivity contribution < 1.29 is 13.9 Å². The van der Waals surface area contributed by atoms with Crippen LogP contribution in [0.15, 0.2) is 48.7 Å². The molecule has 0 N–H and O–H groups in total. The van der Waals surface area contributed by atoms with Crippen molar-refractivity contribution in [1.82, 2.24) is 9.97 Å². The third kappa shape index (κ3) is 3.28. The summed E-state index contributed by atoms with van der Waals surface area (Å²) in [5, 5.41) is 0. The van der Waals surface area contributed by atoms with Crippen LogP contribution in [-0.4, -0.2) is 29.0 Å². The highest BCUT2D eigenvalue weighted by Gasteiger charge is 2.23. The lowest BCUT2D eigenvalue weighted by atomic mass is 10.2. The van der Waals surface area contributed by atoms with Gasteiger partial charge in [0.25, 0.3) is 5.91 Å². The van der Waals surface area contributed by atoms with E-state index in [4.69, 9.17) is 4.74 Å². The maximum Gasteiger partial charge on any atom is 0.278 e. The van der Waals surface area contributed by atoms with E-state index < -0.39 is 5.82 Å². The topological polar surface area (TPSA) is 55.3 Å². The molecule has 0 saturated carbocycles. The summed E-state index contributed by atoms with van der Waals surface area (Å²) in [5.74, 6) is -0.730. The first-order valence-corrected chi connectivity index (χ1v) is 7.90. The maximum atomic E-state index is 14.1. The monoisotopic (exact) mass is 339 g/mol. The van der Waals surface area contributed by atoms with Crippen LogP contribution in [0.4, 0.5) is 10.1 Å². The Balaban J connectivity index is 2.01. The lowest BCUT2D eigenvalue weighted by molar-refractivity contribution is 0.0975. The van der Waals surface area contributed by atoms with Crippen molar-refractivity contribution in [2.75, 3.05) is 12.0 Å². The van der Waals surface area contributed by atoms with E-state index in [0.717, 1.165) is 0 Å². The van der Waals surface area contributed by atoms with Crippen LogP contribution in [0.3, 0.4) is 0 Å². The molecule has 0 aliphatic heterocycles. The Morgan fingerprint density at radius 3 is 2.52 bits per heavy atom. The number of benzene rings is 2. The molecule has 0 spiro atoms. The third-order valence-electron chi connectivity index (χ3n) is 3.82. The van der Waals surface area contributed by atoms with Crippen molar-refractivity contribution in [2.24, 2.45) is 0 Å². The SMILES string of the molecule is COc1ccc(N(C(=O)c2cnc3ccccc3n2)C(C)C)cc1F. The first kappa shape index (κ1) is 16.8. The summed E-state index contributed by atoms with van der Waals surface area (Å²) in [7, 11) is 1.40. The van der Waals surface area contributed by atoms with Gasteiger partial charge in [-0.05, 0) is 38.1 Å². The Bertz CT molecular complexity index is 927. The Hall–Kier alpha value is -3.02. The minimum absolute atomic E-state index is 0.130. The fourth-order valence-corrected chi connectivity index (χ4v) is 2.64. The lowest BCUT2D eigenvalue weighted by Crippen LogP contribution is -2.37. The smallest absolute Gasteiger partial charge is 0.278 e. The normalized spacial score (nSPS) is 10.9. The molecule has 1 heterocycles. The fraction of sp³-hybridized carbons (Fsp3) is 0.211. The number of amides is 1. The second kappa shape index (κ2) is 6.84. The van der Waals surface area contributed by atoms with Gasteiger partial charge < -0.3 is 9.64 Å². The number of nitrogens with zero attached hydrogens (tertiary/aromatic N) is 3. The van der Waals surface area contributed by atoms with E-state index in [1.165, 1.54) is 30.3 Å². The highest BCUT2D eigenvalue weighted by molar-refractivity contribution is 6.05. The van der Waals surface area contributed by atoms with Crippen LogP contribution in [-0.2, 0) is 0 Å². The molecule has 0 fully saturated rings. The number of anilines is 1. The summed E-state index contributed by atoms with van der Waals surface area (Å²) in [6.07, 6.45) is 1.44. The van der Waals surface area contributed by atoms with Crippen LogP contribution in [0.25, 0.3) is 11.0 Å². The number of carbonyl (C=O) groups is 1. The zero-order valence-corrected chi connectivity index (χ0v) is 14.2. The number of para-hydroxylation sites is 2. The molecular formula is C19H18FN3O2. The van der Waals surface area contributed by atoms with Gasteiger partial charge in [-0.3, -0.25) is 9.78 Å². The van der Waals surface area contributed by atoms with Gasteiger partial charge in [0.05, 0.1) is 24.3 Å². The molecule has 128 valence electrons. The first-order valence-electron chi connectivity index (χ1n) is 7.90. The number of hydrogen-bond acceptors (Lipinski definition) is 4. The Morgan fingerprint density at radius 2 is 1.88 bits per heavy atom. The van der Waals surface area contributed by atoms with Gasteiger partial charge in [0.1, 0.15) is 5.69 Å². The van der Waals surface area contributed by atoms with Gasteiger partial charge in [-0.2, -0.15) is 0 Å². The van der Waals surface area contributed by atoms with E-state index in [1.54, 1.807) is 12.1 Å². The van der Waals surface area contributed by atoms with Crippen molar-refractivity contribution in [3.8, 4) is 5.75 Å². The standard InChI is InChI=1S/C19H18FN3O2/c1-12(2)23(13-8-9-18(25-3)14(20)10-13)19(24)17-11-21-15-6-4-5-7-16(15)22-17/h4-12H,1-3H3. The van der Waals surface area contributed by atoms with Gasteiger partial charge in [-0.25, -0.2) is 9.37 Å². The van der Waals surface area contributed by atoms with Crippen LogP contribution < -0.4 is 9.64 Å². The summed E-state index contributed by atoms with van der Waals surface area (Å²) in [6.45, 7) is 3.71. The van der Waals surface area contributed by atoms with E-state index >= 15 is 0 Å². The number of carbonyl (C=O) groups excluding carboxylic acids is 1. The molecular weight excluding hydrogens is 321 g/mol. The number of ether oxygens (including phenoxy) is 1. The molecule has 0 atom stereocenters. The molecule has 2 aromatic carbocycles. The van der Waals surface area contributed by atoms with Crippen molar-refractivity contribution in [2.45, 2.75) is 19.9 Å². The number of hydrogen-bond donors (Lipinski definition) is 0. The van der Waals surface area contributed by atoms with Gasteiger partial charge in [0.2, 0.25) is 0 Å². The van der Waals surface area contributed by atoms with Gasteiger partial charge in [-0.15, -0.1) is 0 Å². The third-order valence-corrected chi connectivity index (χ3v) is 3.82. The van der Waals surface area contributed by atoms with Crippen LogP contribution in [0, 0.1) is 5.82 Å². The van der Waals surface area contributed by atoms with Gasteiger partial charge in [-0.1, -0.05) is 12.1 Å². The first-order chi connectivity index (χ1) is 12.0. The van der Waals surface area contributed by atoms with E-state index in [2.05, 4.69) is 9.97 Å². The van der Waals surface area contributed by atoms with Crippen LogP contribution in [0.1, 0.15) is 24.3 Å². The number of fused-ring (bicyclic) bond motifs is 1. The molecule has 5 nitrogen and oxygen atoms in total. The van der Waals surface area contributed by atoms with Gasteiger partial charge in [0, 0.05) is 17.8 Å². The zero-order chi connectivity index (χ0) is 18.0. The molecule has 0 saturated heterocycles. The fourth-order valence-electron chi connectivity index (χ4n) is 2.64. The van der Waals surface area contributed by atoms with E-state index in [-0.39, 0.29) is 23.4 Å². The minimum atomic E-state index is -0.525. The highest BCUT2D eigenvalue weighted by Crippen LogP contribution is 2.26. The van der Waals surface area contributed by atoms with Crippen LogP contribution >= 0.6 is 0 Å². The van der Waals surface area contributed by atoms with Crippen molar-refractivity contribution in [3.05, 3.63) is 60.2 Å². The summed E-state index contributed by atoms with van der Waals surface area (Å²) < 4.78 is 19.0. The van der Waals surface area contributed by atoms with Gasteiger partial charge >= 0.3 is 0 Å². The molecule has 0 aliphatic rings. The molecule has 0 bridgehead atoms. The second-order valence-corrected chi connectivity index (χ2v) is 5.83. The minimum Gasteiger partial charge on any atom is -0.494 e. The van der Waals surface area contributed by atoms with Crippen LogP contribution in [0.2, 0.25) is 0 Å². The Morgan fingerprint density at radius 1 is 1.16 bits per heavy atom. The van der Waals surface area contributed by atoms with E-state index in [9.17, 15) is 9.18 Å². The van der Waals surface area contributed by atoms with Crippen molar-refractivity contribution in [1.29, 1.82) is 0 Å². The van der Waals surface area contributed by atoms with Crippen molar-refractivity contribution >= 4 is 22.6 Å².